The summed E-state index contributed by atoms with van der Waals surface area (Å²) in [6.07, 6.45) is 4.95. The standard InChI is InChI=1S/C9H13N7O/c10-9-12-7-16(14-9)6-8(17)11-3-5-15-4-1-2-13-15/h1-2,4,7H,3,5-6H2,(H2,10,14)(H,11,17). The van der Waals surface area contributed by atoms with Crippen LogP contribution in [-0.2, 0) is 17.9 Å². The van der Waals surface area contributed by atoms with Crippen LogP contribution in [0.5, 0.6) is 0 Å². The highest BCUT2D eigenvalue weighted by Crippen LogP contribution is 1.89. The van der Waals surface area contributed by atoms with Gasteiger partial charge in [0.2, 0.25) is 11.9 Å². The zero-order chi connectivity index (χ0) is 12.1. The molecule has 2 rings (SSSR count). The Labute approximate surface area is 97.4 Å². The molecule has 8 heteroatoms. The number of nitrogens with one attached hydrogen (secondary N) is 1. The molecular weight excluding hydrogens is 222 g/mol. The van der Waals surface area contributed by atoms with Crippen molar-refractivity contribution < 1.29 is 4.79 Å². The van der Waals surface area contributed by atoms with Gasteiger partial charge in [-0.1, -0.05) is 0 Å². The normalized spacial score (nSPS) is 10.4. The Hall–Kier alpha value is -2.38. The van der Waals surface area contributed by atoms with Gasteiger partial charge in [0.15, 0.2) is 0 Å². The number of rotatable bonds is 5. The van der Waals surface area contributed by atoms with Gasteiger partial charge in [-0.05, 0) is 6.07 Å². The molecule has 0 atom stereocenters. The number of hydrogen-bond donors (Lipinski definition) is 2. The SMILES string of the molecule is Nc1ncn(CC(=O)NCCn2cccn2)n1. The minimum Gasteiger partial charge on any atom is -0.367 e. The van der Waals surface area contributed by atoms with E-state index in [0.717, 1.165) is 0 Å². The van der Waals surface area contributed by atoms with Crippen LogP contribution in [0, 0.1) is 0 Å². The highest BCUT2D eigenvalue weighted by Gasteiger charge is 2.03. The molecular formula is C9H13N7O. The molecule has 0 aliphatic rings. The second kappa shape index (κ2) is 5.10. The molecule has 0 radical (unpaired) electrons. The first-order valence-electron chi connectivity index (χ1n) is 5.13. The molecule has 2 heterocycles. The minimum absolute atomic E-state index is 0.114. The summed E-state index contributed by atoms with van der Waals surface area (Å²) in [6.45, 7) is 1.27. The predicted molar refractivity (Wildman–Crippen MR) is 59.7 cm³/mol. The van der Waals surface area contributed by atoms with Crippen molar-refractivity contribution in [1.29, 1.82) is 0 Å². The highest BCUT2D eigenvalue weighted by atomic mass is 16.2. The maximum absolute atomic E-state index is 11.5. The lowest BCUT2D eigenvalue weighted by Gasteiger charge is -2.04. The van der Waals surface area contributed by atoms with Gasteiger partial charge >= 0.3 is 0 Å². The van der Waals surface area contributed by atoms with Gasteiger partial charge in [0, 0.05) is 18.9 Å². The van der Waals surface area contributed by atoms with Crippen molar-refractivity contribution in [2.75, 3.05) is 12.3 Å². The van der Waals surface area contributed by atoms with Crippen LogP contribution in [0.4, 0.5) is 5.95 Å². The van der Waals surface area contributed by atoms with E-state index in [1.165, 1.54) is 11.0 Å². The van der Waals surface area contributed by atoms with Gasteiger partial charge in [-0.2, -0.15) is 5.10 Å². The minimum atomic E-state index is -0.137. The molecule has 2 aromatic heterocycles. The van der Waals surface area contributed by atoms with Crippen LogP contribution in [0.3, 0.4) is 0 Å². The first-order chi connectivity index (χ1) is 8.24. The maximum Gasteiger partial charge on any atom is 0.241 e. The molecule has 0 bridgehead atoms. The van der Waals surface area contributed by atoms with Crippen LogP contribution in [0.1, 0.15) is 0 Å². The number of nitrogens with two attached hydrogens (primary N) is 1. The molecule has 3 N–H and O–H groups in total. The molecule has 90 valence electrons. The Morgan fingerprint density at radius 3 is 3.00 bits per heavy atom. The number of nitrogen functional groups attached to an aromatic ring is 1. The predicted octanol–water partition coefficient (Wildman–Crippen LogP) is -1.13. The van der Waals surface area contributed by atoms with E-state index in [-0.39, 0.29) is 18.4 Å². The van der Waals surface area contributed by atoms with Crippen LogP contribution in [0.15, 0.2) is 24.8 Å². The fourth-order valence-corrected chi connectivity index (χ4v) is 1.33. The average molecular weight is 235 g/mol. The molecule has 0 saturated carbocycles. The fraction of sp³-hybridized carbons (Fsp3) is 0.333. The summed E-state index contributed by atoms with van der Waals surface area (Å²) in [5.41, 5.74) is 5.33. The number of anilines is 1. The Bertz CT molecular complexity index is 475. The van der Waals surface area contributed by atoms with E-state index in [1.807, 2.05) is 12.3 Å². The van der Waals surface area contributed by atoms with Gasteiger partial charge in [0.05, 0.1) is 6.54 Å². The second-order valence-electron chi connectivity index (χ2n) is 3.42. The van der Waals surface area contributed by atoms with Crippen molar-refractivity contribution in [2.45, 2.75) is 13.1 Å². The molecule has 0 fully saturated rings. The third-order valence-corrected chi connectivity index (χ3v) is 2.08. The number of hydrogen-bond acceptors (Lipinski definition) is 5. The van der Waals surface area contributed by atoms with Crippen molar-refractivity contribution in [3.8, 4) is 0 Å². The Morgan fingerprint density at radius 1 is 1.47 bits per heavy atom. The summed E-state index contributed by atoms with van der Waals surface area (Å²) in [6, 6.07) is 1.83. The second-order valence-corrected chi connectivity index (χ2v) is 3.42. The maximum atomic E-state index is 11.5. The quantitative estimate of drug-likeness (QED) is 0.682. The van der Waals surface area contributed by atoms with Gasteiger partial charge in [0.25, 0.3) is 0 Å². The highest BCUT2D eigenvalue weighted by molar-refractivity contribution is 5.75. The summed E-state index contributed by atoms with van der Waals surface area (Å²) in [5, 5.41) is 10.6. The van der Waals surface area contributed by atoms with Crippen LogP contribution in [-0.4, -0.2) is 37.0 Å². The van der Waals surface area contributed by atoms with Crippen molar-refractivity contribution >= 4 is 11.9 Å². The molecule has 0 unspecified atom stereocenters. The molecule has 0 aliphatic heterocycles. The molecule has 0 spiro atoms. The van der Waals surface area contributed by atoms with Gasteiger partial charge in [-0.15, -0.1) is 5.10 Å². The van der Waals surface area contributed by atoms with E-state index >= 15 is 0 Å². The van der Waals surface area contributed by atoms with Gasteiger partial charge in [-0.25, -0.2) is 9.67 Å². The summed E-state index contributed by atoms with van der Waals surface area (Å²) in [7, 11) is 0. The molecule has 0 aliphatic carbocycles. The fourth-order valence-electron chi connectivity index (χ4n) is 1.33. The van der Waals surface area contributed by atoms with Gasteiger partial charge in [-0.3, -0.25) is 9.48 Å². The third-order valence-electron chi connectivity index (χ3n) is 2.08. The van der Waals surface area contributed by atoms with Crippen LogP contribution >= 0.6 is 0 Å². The van der Waals surface area contributed by atoms with E-state index in [0.29, 0.717) is 13.1 Å². The van der Waals surface area contributed by atoms with Crippen molar-refractivity contribution in [1.82, 2.24) is 29.9 Å². The summed E-state index contributed by atoms with van der Waals surface area (Å²) in [4.78, 5) is 15.2. The van der Waals surface area contributed by atoms with E-state index in [2.05, 4.69) is 20.5 Å². The topological polar surface area (TPSA) is 104 Å². The number of carbonyl (C=O) groups is 1. The average Bonchev–Trinajstić information content (AvgIpc) is 2.90. The lowest BCUT2D eigenvalue weighted by Crippen LogP contribution is -2.30. The smallest absolute Gasteiger partial charge is 0.241 e. The lowest BCUT2D eigenvalue weighted by atomic mass is 10.5. The van der Waals surface area contributed by atoms with E-state index in [4.69, 9.17) is 5.73 Å². The molecule has 0 saturated heterocycles. The number of nitrogens with zero attached hydrogens (tertiary/aromatic N) is 5. The number of carbonyl (C=O) groups excluding carboxylic acids is 1. The summed E-state index contributed by atoms with van der Waals surface area (Å²) < 4.78 is 3.13. The van der Waals surface area contributed by atoms with E-state index < -0.39 is 0 Å². The number of aromatic nitrogens is 5. The zero-order valence-electron chi connectivity index (χ0n) is 9.15. The zero-order valence-corrected chi connectivity index (χ0v) is 9.15. The third kappa shape index (κ3) is 3.30. The molecule has 8 nitrogen and oxygen atoms in total. The largest absolute Gasteiger partial charge is 0.367 e. The van der Waals surface area contributed by atoms with Crippen molar-refractivity contribution in [3.63, 3.8) is 0 Å². The lowest BCUT2D eigenvalue weighted by molar-refractivity contribution is -0.121. The molecule has 0 aromatic carbocycles. The first-order valence-corrected chi connectivity index (χ1v) is 5.13. The first kappa shape index (κ1) is 11.1. The summed E-state index contributed by atoms with van der Waals surface area (Å²) in [5.74, 6) is 0.0244. The Kier molecular flexibility index (Phi) is 3.34. The van der Waals surface area contributed by atoms with Crippen molar-refractivity contribution in [3.05, 3.63) is 24.8 Å². The van der Waals surface area contributed by atoms with Crippen LogP contribution < -0.4 is 11.1 Å². The van der Waals surface area contributed by atoms with Crippen LogP contribution in [0.2, 0.25) is 0 Å². The van der Waals surface area contributed by atoms with E-state index in [1.54, 1.807) is 10.9 Å². The van der Waals surface area contributed by atoms with Gasteiger partial charge in [0.1, 0.15) is 12.9 Å². The van der Waals surface area contributed by atoms with Crippen LogP contribution in [0.25, 0.3) is 0 Å². The Balaban J connectivity index is 1.71. The molecule has 1 amide bonds. The monoisotopic (exact) mass is 235 g/mol. The number of amides is 1. The molecule has 17 heavy (non-hydrogen) atoms. The van der Waals surface area contributed by atoms with Gasteiger partial charge < -0.3 is 11.1 Å². The van der Waals surface area contributed by atoms with E-state index in [9.17, 15) is 4.79 Å². The molecule has 2 aromatic rings. The Morgan fingerprint density at radius 2 is 2.35 bits per heavy atom. The van der Waals surface area contributed by atoms with Crippen molar-refractivity contribution in [2.24, 2.45) is 0 Å². The summed E-state index contributed by atoms with van der Waals surface area (Å²) >= 11 is 0.